The van der Waals surface area contributed by atoms with Crippen LogP contribution in [0.25, 0.3) is 0 Å². The van der Waals surface area contributed by atoms with E-state index in [0.717, 1.165) is 41.5 Å². The molecule has 4 nitrogen and oxygen atoms in total. The predicted molar refractivity (Wildman–Crippen MR) is 136 cm³/mol. The van der Waals surface area contributed by atoms with Crippen molar-refractivity contribution in [2.75, 3.05) is 13.7 Å². The predicted octanol–water partition coefficient (Wildman–Crippen LogP) is 6.75. The summed E-state index contributed by atoms with van der Waals surface area (Å²) in [4.78, 5) is 4.68. The molecule has 0 radical (unpaired) electrons. The van der Waals surface area contributed by atoms with E-state index in [9.17, 15) is 10.2 Å². The van der Waals surface area contributed by atoms with E-state index in [-0.39, 0.29) is 11.2 Å². The standard InChI is InChI=1S/C28H40BrNO3/c1-26-11-5-4-6-19(26)7-8-21-22(26)9-12-27(2)23(21)10-13-28(27,32)17-30-16-18-14-20(29)15-24(33-3)25(18)31/h14-16,19,21-23,31-32H,4-13,17H2,1-3H3. The fourth-order valence-electron chi connectivity index (χ4n) is 8.81. The van der Waals surface area contributed by atoms with Crippen LogP contribution in [0, 0.1) is 34.5 Å². The van der Waals surface area contributed by atoms with Crippen molar-refractivity contribution in [3.8, 4) is 11.5 Å². The van der Waals surface area contributed by atoms with Crippen LogP contribution < -0.4 is 4.74 Å². The average Bonchev–Trinajstić information content (AvgIpc) is 3.06. The van der Waals surface area contributed by atoms with Crippen molar-refractivity contribution in [3.05, 3.63) is 22.2 Å². The third kappa shape index (κ3) is 3.67. The normalized spacial score (nSPS) is 42.6. The lowest BCUT2D eigenvalue weighted by Gasteiger charge is -2.61. The minimum atomic E-state index is -0.769. The Labute approximate surface area is 207 Å². The molecule has 5 heteroatoms. The number of hydrogen-bond acceptors (Lipinski definition) is 4. The molecule has 33 heavy (non-hydrogen) atoms. The first-order chi connectivity index (χ1) is 15.7. The lowest BCUT2D eigenvalue weighted by Crippen LogP contribution is -2.56. The molecule has 4 aliphatic carbocycles. The summed E-state index contributed by atoms with van der Waals surface area (Å²) < 4.78 is 6.09. The highest BCUT2D eigenvalue weighted by Crippen LogP contribution is 2.68. The first kappa shape index (κ1) is 23.7. The maximum absolute atomic E-state index is 11.9. The van der Waals surface area contributed by atoms with Crippen LogP contribution in [0.3, 0.4) is 0 Å². The molecular weight excluding hydrogens is 478 g/mol. The van der Waals surface area contributed by atoms with Crippen LogP contribution in [0.5, 0.6) is 11.5 Å². The summed E-state index contributed by atoms with van der Waals surface area (Å²) in [5.41, 5.74) is 0.297. The van der Waals surface area contributed by atoms with Crippen LogP contribution in [0.1, 0.15) is 83.6 Å². The van der Waals surface area contributed by atoms with Gasteiger partial charge in [-0.2, -0.15) is 0 Å². The summed E-state index contributed by atoms with van der Waals surface area (Å²) in [6.07, 6.45) is 14.5. The van der Waals surface area contributed by atoms with Crippen molar-refractivity contribution in [1.82, 2.24) is 0 Å². The van der Waals surface area contributed by atoms with Crippen LogP contribution in [-0.4, -0.2) is 35.7 Å². The Balaban J connectivity index is 1.35. The highest BCUT2D eigenvalue weighted by molar-refractivity contribution is 9.10. The van der Waals surface area contributed by atoms with E-state index in [4.69, 9.17) is 4.74 Å². The van der Waals surface area contributed by atoms with Crippen LogP contribution in [0.4, 0.5) is 0 Å². The number of aromatic hydroxyl groups is 1. The number of phenolic OH excluding ortho intramolecular Hbond substituents is 1. The van der Waals surface area contributed by atoms with E-state index in [1.54, 1.807) is 19.4 Å². The Kier molecular flexibility index (Phi) is 6.13. The minimum absolute atomic E-state index is 0.0691. The minimum Gasteiger partial charge on any atom is -0.504 e. The molecule has 7 unspecified atom stereocenters. The van der Waals surface area contributed by atoms with Crippen LogP contribution in [-0.2, 0) is 0 Å². The third-order valence-corrected chi connectivity index (χ3v) is 11.2. The summed E-state index contributed by atoms with van der Waals surface area (Å²) >= 11 is 3.47. The van der Waals surface area contributed by atoms with Gasteiger partial charge in [0.1, 0.15) is 0 Å². The lowest BCUT2D eigenvalue weighted by molar-refractivity contribution is -0.147. The second-order valence-electron chi connectivity index (χ2n) is 11.9. The first-order valence-corrected chi connectivity index (χ1v) is 13.8. The van der Waals surface area contributed by atoms with Crippen molar-refractivity contribution >= 4 is 22.1 Å². The Morgan fingerprint density at radius 2 is 1.85 bits per heavy atom. The smallest absolute Gasteiger partial charge is 0.166 e. The van der Waals surface area contributed by atoms with Gasteiger partial charge >= 0.3 is 0 Å². The third-order valence-electron chi connectivity index (χ3n) is 10.8. The Bertz CT molecular complexity index is 934. The van der Waals surface area contributed by atoms with Crippen molar-refractivity contribution in [1.29, 1.82) is 0 Å². The quantitative estimate of drug-likeness (QED) is 0.434. The maximum Gasteiger partial charge on any atom is 0.166 e. The zero-order chi connectivity index (χ0) is 23.4. The molecule has 0 aliphatic heterocycles. The van der Waals surface area contributed by atoms with Crippen molar-refractivity contribution in [2.45, 2.75) is 83.7 Å². The number of hydrogen-bond donors (Lipinski definition) is 2. The van der Waals surface area contributed by atoms with E-state index in [0.29, 0.717) is 29.2 Å². The molecule has 182 valence electrons. The van der Waals surface area contributed by atoms with Gasteiger partial charge in [0.05, 0.1) is 19.3 Å². The molecule has 2 N–H and O–H groups in total. The molecule has 5 rings (SSSR count). The molecule has 4 saturated carbocycles. The summed E-state index contributed by atoms with van der Waals surface area (Å²) in [5, 5.41) is 22.4. The zero-order valence-electron chi connectivity index (χ0n) is 20.4. The molecule has 4 fully saturated rings. The molecule has 4 aliphatic rings. The SMILES string of the molecule is COc1cc(Br)cc(C=NCC2(O)CCC3C4CCC5CCCCC5(C)C4CCC32C)c1O. The number of halogens is 1. The molecule has 0 spiro atoms. The van der Waals surface area contributed by atoms with Gasteiger partial charge in [-0.3, -0.25) is 4.99 Å². The number of phenols is 1. The number of ether oxygens (including phenoxy) is 1. The van der Waals surface area contributed by atoms with Crippen LogP contribution >= 0.6 is 15.9 Å². The number of benzene rings is 1. The molecule has 7 atom stereocenters. The van der Waals surface area contributed by atoms with Gasteiger partial charge in [0.25, 0.3) is 0 Å². The molecule has 1 aromatic rings. The first-order valence-electron chi connectivity index (χ1n) is 13.0. The topological polar surface area (TPSA) is 62.0 Å². The molecule has 0 saturated heterocycles. The van der Waals surface area contributed by atoms with Crippen molar-refractivity contribution in [2.24, 2.45) is 39.5 Å². The van der Waals surface area contributed by atoms with Gasteiger partial charge in [0.15, 0.2) is 11.5 Å². The largest absolute Gasteiger partial charge is 0.504 e. The number of aliphatic imine (C=N–C) groups is 1. The number of rotatable bonds is 4. The second kappa shape index (κ2) is 8.55. The Morgan fingerprint density at radius 3 is 2.64 bits per heavy atom. The van der Waals surface area contributed by atoms with Crippen molar-refractivity contribution < 1.29 is 14.9 Å². The molecular formula is C28H40BrNO3. The fourth-order valence-corrected chi connectivity index (χ4v) is 9.26. The number of fused-ring (bicyclic) bond motifs is 5. The van der Waals surface area contributed by atoms with Gasteiger partial charge in [-0.1, -0.05) is 42.6 Å². The van der Waals surface area contributed by atoms with E-state index in [2.05, 4.69) is 34.8 Å². The molecule has 0 amide bonds. The van der Waals surface area contributed by atoms with Gasteiger partial charge in [-0.15, -0.1) is 0 Å². The number of aliphatic hydroxyl groups is 1. The maximum atomic E-state index is 11.9. The zero-order valence-corrected chi connectivity index (χ0v) is 22.0. The van der Waals surface area contributed by atoms with Crippen molar-refractivity contribution in [3.63, 3.8) is 0 Å². The number of nitrogens with zero attached hydrogens (tertiary/aromatic N) is 1. The molecule has 0 heterocycles. The van der Waals surface area contributed by atoms with Gasteiger partial charge in [0.2, 0.25) is 0 Å². The van der Waals surface area contributed by atoms with Gasteiger partial charge in [-0.05, 0) is 92.6 Å². The van der Waals surface area contributed by atoms with E-state index in [1.165, 1.54) is 44.9 Å². The summed E-state index contributed by atoms with van der Waals surface area (Å²) in [6.45, 7) is 5.36. The van der Waals surface area contributed by atoms with Gasteiger partial charge in [0, 0.05) is 21.7 Å². The average molecular weight is 519 g/mol. The Hall–Kier alpha value is -1.07. The van der Waals surface area contributed by atoms with Gasteiger partial charge in [-0.25, -0.2) is 0 Å². The molecule has 0 aromatic heterocycles. The summed E-state index contributed by atoms with van der Waals surface area (Å²) in [7, 11) is 1.54. The number of methoxy groups -OCH3 is 1. The van der Waals surface area contributed by atoms with E-state index in [1.807, 2.05) is 6.07 Å². The highest BCUT2D eigenvalue weighted by atomic mass is 79.9. The van der Waals surface area contributed by atoms with Crippen LogP contribution in [0.2, 0.25) is 0 Å². The van der Waals surface area contributed by atoms with E-state index >= 15 is 0 Å². The van der Waals surface area contributed by atoms with Gasteiger partial charge < -0.3 is 14.9 Å². The molecule has 1 aromatic carbocycles. The monoisotopic (exact) mass is 517 g/mol. The second-order valence-corrected chi connectivity index (χ2v) is 12.9. The fraction of sp³-hybridized carbons (Fsp3) is 0.750. The highest BCUT2D eigenvalue weighted by Gasteiger charge is 2.64. The van der Waals surface area contributed by atoms with E-state index < -0.39 is 5.60 Å². The molecule has 0 bridgehead atoms. The summed E-state index contributed by atoms with van der Waals surface area (Å²) in [6, 6.07) is 3.57. The summed E-state index contributed by atoms with van der Waals surface area (Å²) in [5.74, 6) is 3.64. The Morgan fingerprint density at radius 1 is 1.06 bits per heavy atom. The van der Waals surface area contributed by atoms with Crippen LogP contribution in [0.15, 0.2) is 21.6 Å². The lowest BCUT2D eigenvalue weighted by atomic mass is 9.44.